The molecular formula is C24H29ClN4O. The summed E-state index contributed by atoms with van der Waals surface area (Å²) < 4.78 is 1.96. The van der Waals surface area contributed by atoms with Crippen molar-refractivity contribution < 1.29 is 4.79 Å². The van der Waals surface area contributed by atoms with Crippen LogP contribution in [0.1, 0.15) is 53.1 Å². The van der Waals surface area contributed by atoms with Gasteiger partial charge in [-0.3, -0.25) is 4.79 Å². The largest absolute Gasteiger partial charge is 0.320 e. The maximum absolute atomic E-state index is 13.1. The summed E-state index contributed by atoms with van der Waals surface area (Å²) in [4.78, 5) is 13.1. The summed E-state index contributed by atoms with van der Waals surface area (Å²) >= 11 is 0. The summed E-state index contributed by atoms with van der Waals surface area (Å²) in [5.74, 6) is -0.129. The van der Waals surface area contributed by atoms with E-state index < -0.39 is 0 Å². The lowest BCUT2D eigenvalue weighted by molar-refractivity contribution is 0.102. The molecule has 3 aromatic rings. The van der Waals surface area contributed by atoms with Gasteiger partial charge in [0.1, 0.15) is 0 Å². The minimum Gasteiger partial charge on any atom is -0.320 e. The van der Waals surface area contributed by atoms with Gasteiger partial charge in [-0.15, -0.1) is 12.4 Å². The molecule has 30 heavy (non-hydrogen) atoms. The molecule has 0 saturated carbocycles. The van der Waals surface area contributed by atoms with Crippen LogP contribution in [0.2, 0.25) is 0 Å². The third kappa shape index (κ3) is 4.42. The number of anilines is 1. The Morgan fingerprint density at radius 2 is 1.83 bits per heavy atom. The maximum Gasteiger partial charge on any atom is 0.276 e. The van der Waals surface area contributed by atoms with E-state index in [-0.39, 0.29) is 18.3 Å². The molecule has 2 aromatic carbocycles. The highest BCUT2D eigenvalue weighted by Crippen LogP contribution is 2.29. The summed E-state index contributed by atoms with van der Waals surface area (Å²) in [6, 6.07) is 16.4. The first-order valence-corrected chi connectivity index (χ1v) is 10.5. The number of aromatic nitrogens is 2. The Kier molecular flexibility index (Phi) is 7.29. The van der Waals surface area contributed by atoms with Gasteiger partial charge in [-0.05, 0) is 61.6 Å². The van der Waals surface area contributed by atoms with Crippen LogP contribution in [0.15, 0.2) is 48.5 Å². The van der Waals surface area contributed by atoms with E-state index in [9.17, 15) is 4.79 Å². The molecule has 1 aliphatic rings. The zero-order chi connectivity index (χ0) is 20.2. The molecule has 0 aliphatic heterocycles. The standard InChI is InChI=1S/C24H28N4O.ClH/c1-3-17-12-14-19(15-13-17)28-22-11-7-9-20(22)23(27-28)24(29)26-21-10-6-5-8-18(21)16-25-4-2;/h5-6,8,10,12-15,25H,3-4,7,9,11,16H2,1-2H3,(H,26,29);1H. The van der Waals surface area contributed by atoms with Gasteiger partial charge in [-0.1, -0.05) is 44.2 Å². The third-order valence-corrected chi connectivity index (χ3v) is 5.57. The topological polar surface area (TPSA) is 58.9 Å². The van der Waals surface area contributed by atoms with Gasteiger partial charge in [0.15, 0.2) is 5.69 Å². The minimum absolute atomic E-state index is 0. The molecule has 0 bridgehead atoms. The number of fused-ring (bicyclic) bond motifs is 1. The normalized spacial score (nSPS) is 12.3. The molecule has 4 rings (SSSR count). The Labute approximate surface area is 184 Å². The molecule has 1 amide bonds. The molecule has 2 N–H and O–H groups in total. The predicted molar refractivity (Wildman–Crippen MR) is 124 cm³/mol. The van der Waals surface area contributed by atoms with Crippen LogP contribution in [-0.4, -0.2) is 22.2 Å². The summed E-state index contributed by atoms with van der Waals surface area (Å²) in [6.45, 7) is 5.83. The van der Waals surface area contributed by atoms with Gasteiger partial charge in [0, 0.05) is 23.5 Å². The van der Waals surface area contributed by atoms with Crippen molar-refractivity contribution in [1.82, 2.24) is 15.1 Å². The number of carbonyl (C=O) groups is 1. The number of carbonyl (C=O) groups excluding carboxylic acids is 1. The second kappa shape index (κ2) is 9.92. The number of halogens is 1. The first-order chi connectivity index (χ1) is 14.2. The predicted octanol–water partition coefficient (Wildman–Crippen LogP) is 4.71. The molecule has 0 saturated heterocycles. The van der Waals surface area contributed by atoms with Crippen LogP contribution in [0.25, 0.3) is 5.69 Å². The summed E-state index contributed by atoms with van der Waals surface area (Å²) in [5.41, 5.74) is 7.04. The van der Waals surface area contributed by atoms with Gasteiger partial charge in [0.2, 0.25) is 0 Å². The first-order valence-electron chi connectivity index (χ1n) is 10.5. The molecule has 0 atom stereocenters. The smallest absolute Gasteiger partial charge is 0.276 e. The van der Waals surface area contributed by atoms with Gasteiger partial charge >= 0.3 is 0 Å². The van der Waals surface area contributed by atoms with Crippen molar-refractivity contribution >= 4 is 24.0 Å². The number of hydrogen-bond donors (Lipinski definition) is 2. The van der Waals surface area contributed by atoms with Gasteiger partial charge in [-0.2, -0.15) is 5.10 Å². The lowest BCUT2D eigenvalue weighted by Gasteiger charge is -2.11. The second-order valence-corrected chi connectivity index (χ2v) is 7.45. The van der Waals surface area contributed by atoms with Crippen molar-refractivity contribution in [3.8, 4) is 5.69 Å². The van der Waals surface area contributed by atoms with E-state index in [0.29, 0.717) is 5.69 Å². The van der Waals surface area contributed by atoms with E-state index in [2.05, 4.69) is 48.7 Å². The SMILES string of the molecule is CCNCc1ccccc1NC(=O)c1nn(-c2ccc(CC)cc2)c2c1CCC2.Cl. The molecule has 5 nitrogen and oxygen atoms in total. The third-order valence-electron chi connectivity index (χ3n) is 5.57. The van der Waals surface area contributed by atoms with Crippen LogP contribution in [0.5, 0.6) is 0 Å². The molecule has 158 valence electrons. The molecule has 0 radical (unpaired) electrons. The molecule has 0 fully saturated rings. The fraction of sp³-hybridized carbons (Fsp3) is 0.333. The fourth-order valence-electron chi connectivity index (χ4n) is 3.94. The highest BCUT2D eigenvalue weighted by atomic mass is 35.5. The minimum atomic E-state index is -0.129. The van der Waals surface area contributed by atoms with Crippen molar-refractivity contribution in [3.63, 3.8) is 0 Å². The highest BCUT2D eigenvalue weighted by molar-refractivity contribution is 6.04. The number of para-hydroxylation sites is 1. The Balaban J connectivity index is 0.00000256. The van der Waals surface area contributed by atoms with E-state index in [4.69, 9.17) is 5.10 Å². The number of hydrogen-bond acceptors (Lipinski definition) is 3. The average molecular weight is 425 g/mol. The molecule has 0 unspecified atom stereocenters. The number of aryl methyl sites for hydroxylation is 1. The van der Waals surface area contributed by atoms with Crippen molar-refractivity contribution in [2.24, 2.45) is 0 Å². The van der Waals surface area contributed by atoms with Crippen LogP contribution in [0.4, 0.5) is 5.69 Å². The number of amides is 1. The van der Waals surface area contributed by atoms with Crippen LogP contribution in [0.3, 0.4) is 0 Å². The van der Waals surface area contributed by atoms with Gasteiger partial charge in [0.05, 0.1) is 5.69 Å². The van der Waals surface area contributed by atoms with Crippen molar-refractivity contribution in [3.05, 3.63) is 76.6 Å². The molecule has 1 aliphatic carbocycles. The second-order valence-electron chi connectivity index (χ2n) is 7.45. The number of nitrogens with one attached hydrogen (secondary N) is 2. The molecule has 6 heteroatoms. The quantitative estimate of drug-likeness (QED) is 0.577. The van der Waals surface area contributed by atoms with E-state index in [0.717, 1.165) is 61.3 Å². The monoisotopic (exact) mass is 424 g/mol. The number of nitrogens with zero attached hydrogens (tertiary/aromatic N) is 2. The zero-order valence-corrected chi connectivity index (χ0v) is 18.4. The van der Waals surface area contributed by atoms with E-state index in [1.807, 2.05) is 28.9 Å². The van der Waals surface area contributed by atoms with Crippen molar-refractivity contribution in [2.75, 3.05) is 11.9 Å². The van der Waals surface area contributed by atoms with Crippen LogP contribution in [-0.2, 0) is 25.8 Å². The van der Waals surface area contributed by atoms with E-state index in [1.54, 1.807) is 0 Å². The van der Waals surface area contributed by atoms with E-state index in [1.165, 1.54) is 11.3 Å². The summed E-state index contributed by atoms with van der Waals surface area (Å²) in [5, 5.41) is 11.2. The lowest BCUT2D eigenvalue weighted by atomic mass is 10.1. The summed E-state index contributed by atoms with van der Waals surface area (Å²) in [6.07, 6.45) is 3.95. The molecular weight excluding hydrogens is 396 g/mol. The van der Waals surface area contributed by atoms with Crippen LogP contribution >= 0.6 is 12.4 Å². The van der Waals surface area contributed by atoms with Crippen LogP contribution in [0, 0.1) is 0 Å². The Morgan fingerprint density at radius 1 is 1.07 bits per heavy atom. The maximum atomic E-state index is 13.1. The Bertz CT molecular complexity index is 1010. The van der Waals surface area contributed by atoms with Crippen LogP contribution < -0.4 is 10.6 Å². The van der Waals surface area contributed by atoms with Gasteiger partial charge in [0.25, 0.3) is 5.91 Å². The van der Waals surface area contributed by atoms with Crippen molar-refractivity contribution in [1.29, 1.82) is 0 Å². The van der Waals surface area contributed by atoms with Gasteiger partial charge in [-0.25, -0.2) is 4.68 Å². The zero-order valence-electron chi connectivity index (χ0n) is 17.6. The molecule has 1 heterocycles. The Hall–Kier alpha value is -2.63. The Morgan fingerprint density at radius 3 is 2.57 bits per heavy atom. The molecule has 0 spiro atoms. The number of benzene rings is 2. The van der Waals surface area contributed by atoms with E-state index >= 15 is 0 Å². The van der Waals surface area contributed by atoms with Gasteiger partial charge < -0.3 is 10.6 Å². The summed E-state index contributed by atoms with van der Waals surface area (Å²) in [7, 11) is 0. The first kappa shape index (κ1) is 22.1. The van der Waals surface area contributed by atoms with Crippen molar-refractivity contribution in [2.45, 2.75) is 46.1 Å². The number of rotatable bonds is 7. The highest BCUT2D eigenvalue weighted by Gasteiger charge is 2.27. The lowest BCUT2D eigenvalue weighted by Crippen LogP contribution is -2.18. The average Bonchev–Trinajstić information content (AvgIpc) is 3.36. The molecule has 1 aromatic heterocycles. The fourth-order valence-corrected chi connectivity index (χ4v) is 3.94.